The highest BCUT2D eigenvalue weighted by Crippen LogP contribution is 2.11. The molecule has 3 amide bonds. The maximum atomic E-state index is 11.9. The zero-order valence-electron chi connectivity index (χ0n) is 16.0. The fourth-order valence-electron chi connectivity index (χ4n) is 2.23. The van der Waals surface area contributed by atoms with Crippen molar-refractivity contribution in [1.82, 2.24) is 16.0 Å². The van der Waals surface area contributed by atoms with E-state index in [1.165, 1.54) is 12.1 Å². The van der Waals surface area contributed by atoms with Gasteiger partial charge in [0, 0.05) is 6.42 Å². The van der Waals surface area contributed by atoms with Crippen LogP contribution in [0.1, 0.15) is 12.0 Å². The number of nitrogens with one attached hydrogen (secondary N) is 3. The molecule has 2 atom stereocenters. The minimum absolute atomic E-state index is 0.0132. The second-order valence-electron chi connectivity index (χ2n) is 6.21. The number of hydrogen-bond acceptors (Lipinski definition) is 7. The molecule has 0 aromatic heterocycles. The summed E-state index contributed by atoms with van der Waals surface area (Å²) >= 11 is 1.55. The Morgan fingerprint density at radius 2 is 1.69 bits per heavy atom. The molecule has 7 N–H and O–H groups in total. The summed E-state index contributed by atoms with van der Waals surface area (Å²) in [6.45, 7) is -0.776. The number of thioether (sulfide) groups is 1. The van der Waals surface area contributed by atoms with Crippen molar-refractivity contribution in [2.75, 3.05) is 25.1 Å². The number of benzene rings is 1. The molecule has 29 heavy (non-hydrogen) atoms. The quantitative estimate of drug-likeness (QED) is 0.242. The summed E-state index contributed by atoms with van der Waals surface area (Å²) in [7, 11) is 0. The zero-order valence-corrected chi connectivity index (χ0v) is 16.8. The Morgan fingerprint density at radius 1 is 1.07 bits per heavy atom. The lowest BCUT2D eigenvalue weighted by molar-refractivity contribution is -0.141. The SMILES string of the molecule is CSCCC(N)C(=O)NCC(=O)NCC(=O)NC(Cc1ccc(O)cc1)C(=O)O. The van der Waals surface area contributed by atoms with Crippen molar-refractivity contribution in [2.45, 2.75) is 24.9 Å². The van der Waals surface area contributed by atoms with E-state index >= 15 is 0 Å². The van der Waals surface area contributed by atoms with Gasteiger partial charge in [0.2, 0.25) is 17.7 Å². The van der Waals surface area contributed by atoms with Crippen molar-refractivity contribution in [2.24, 2.45) is 5.73 Å². The van der Waals surface area contributed by atoms with Gasteiger partial charge in [-0.05, 0) is 36.1 Å². The van der Waals surface area contributed by atoms with Crippen LogP contribution in [0.5, 0.6) is 5.75 Å². The lowest BCUT2D eigenvalue weighted by atomic mass is 10.1. The van der Waals surface area contributed by atoms with Gasteiger partial charge in [-0.15, -0.1) is 0 Å². The van der Waals surface area contributed by atoms with E-state index in [0.717, 1.165) is 5.75 Å². The van der Waals surface area contributed by atoms with Crippen LogP contribution in [0.25, 0.3) is 0 Å². The smallest absolute Gasteiger partial charge is 0.326 e. The van der Waals surface area contributed by atoms with Gasteiger partial charge in [0.15, 0.2) is 0 Å². The molecule has 11 heteroatoms. The number of phenols is 1. The van der Waals surface area contributed by atoms with Crippen LogP contribution in [0.15, 0.2) is 24.3 Å². The van der Waals surface area contributed by atoms with Gasteiger partial charge in [0.25, 0.3) is 0 Å². The van der Waals surface area contributed by atoms with Crippen LogP contribution >= 0.6 is 11.8 Å². The van der Waals surface area contributed by atoms with Crippen LogP contribution < -0.4 is 21.7 Å². The summed E-state index contributed by atoms with van der Waals surface area (Å²) < 4.78 is 0. The highest BCUT2D eigenvalue weighted by molar-refractivity contribution is 7.98. The van der Waals surface area contributed by atoms with Crippen molar-refractivity contribution >= 4 is 35.5 Å². The maximum absolute atomic E-state index is 11.9. The van der Waals surface area contributed by atoms with Crippen LogP contribution in [-0.2, 0) is 25.6 Å². The van der Waals surface area contributed by atoms with E-state index < -0.39 is 42.3 Å². The van der Waals surface area contributed by atoms with E-state index in [0.29, 0.717) is 12.0 Å². The van der Waals surface area contributed by atoms with Gasteiger partial charge in [0.1, 0.15) is 11.8 Å². The average Bonchev–Trinajstić information content (AvgIpc) is 2.69. The predicted molar refractivity (Wildman–Crippen MR) is 108 cm³/mol. The Bertz CT molecular complexity index is 713. The summed E-state index contributed by atoms with van der Waals surface area (Å²) in [6, 6.07) is 4.01. The standard InChI is InChI=1S/C18H26N4O6S/c1-29-7-6-13(19)17(26)21-9-15(24)20-10-16(25)22-14(18(27)28)8-11-2-4-12(23)5-3-11/h2-5,13-14,23H,6-10,19H2,1H3,(H,20,24)(H,21,26)(H,22,25)(H,27,28). The fourth-order valence-corrected chi connectivity index (χ4v) is 2.72. The molecular weight excluding hydrogens is 400 g/mol. The molecule has 0 fully saturated rings. The molecule has 1 aromatic carbocycles. The number of carbonyl (C=O) groups is 4. The number of carbonyl (C=O) groups excluding carboxylic acids is 3. The van der Waals surface area contributed by atoms with E-state index in [1.54, 1.807) is 23.9 Å². The fraction of sp³-hybridized carbons (Fsp3) is 0.444. The van der Waals surface area contributed by atoms with Gasteiger partial charge in [0.05, 0.1) is 19.1 Å². The normalized spacial score (nSPS) is 12.5. The number of hydrogen-bond donors (Lipinski definition) is 6. The number of phenolic OH excluding ortho intramolecular Hbond substituents is 1. The van der Waals surface area contributed by atoms with Gasteiger partial charge >= 0.3 is 5.97 Å². The number of amides is 3. The van der Waals surface area contributed by atoms with Crippen LogP contribution in [0, 0.1) is 0 Å². The summed E-state index contributed by atoms with van der Waals surface area (Å²) in [6.07, 6.45) is 2.39. The molecule has 0 aliphatic heterocycles. The average molecular weight is 426 g/mol. The molecule has 0 saturated heterocycles. The lowest BCUT2D eigenvalue weighted by Gasteiger charge is -2.15. The number of aromatic hydroxyl groups is 1. The molecule has 2 unspecified atom stereocenters. The third-order valence-electron chi connectivity index (χ3n) is 3.85. The molecule has 0 aliphatic rings. The van der Waals surface area contributed by atoms with Gasteiger partial charge in [-0.3, -0.25) is 14.4 Å². The summed E-state index contributed by atoms with van der Waals surface area (Å²) in [4.78, 5) is 46.7. The van der Waals surface area contributed by atoms with Crippen molar-refractivity contribution in [3.8, 4) is 5.75 Å². The lowest BCUT2D eigenvalue weighted by Crippen LogP contribution is -2.49. The maximum Gasteiger partial charge on any atom is 0.326 e. The second kappa shape index (κ2) is 12.6. The number of carboxylic acid groups (broad SMARTS) is 1. The first-order valence-electron chi connectivity index (χ1n) is 8.82. The van der Waals surface area contributed by atoms with Crippen LogP contribution in [0.2, 0.25) is 0 Å². The third-order valence-corrected chi connectivity index (χ3v) is 4.49. The molecule has 0 bridgehead atoms. The molecule has 0 spiro atoms. The Hall–Kier alpha value is -2.79. The number of aliphatic carboxylic acids is 1. The Labute approximate surface area is 172 Å². The Morgan fingerprint density at radius 3 is 2.28 bits per heavy atom. The van der Waals surface area contributed by atoms with E-state index in [2.05, 4.69) is 16.0 Å². The number of nitrogens with two attached hydrogens (primary N) is 1. The van der Waals surface area contributed by atoms with Crippen molar-refractivity contribution in [1.29, 1.82) is 0 Å². The molecule has 0 aliphatic carbocycles. The van der Waals surface area contributed by atoms with Gasteiger partial charge in [-0.1, -0.05) is 12.1 Å². The van der Waals surface area contributed by atoms with E-state index in [1.807, 2.05) is 6.26 Å². The third kappa shape index (κ3) is 9.81. The highest BCUT2D eigenvalue weighted by atomic mass is 32.2. The van der Waals surface area contributed by atoms with Gasteiger partial charge < -0.3 is 31.9 Å². The molecule has 10 nitrogen and oxygen atoms in total. The number of rotatable bonds is 12. The van der Waals surface area contributed by atoms with Crippen LogP contribution in [0.3, 0.4) is 0 Å². The van der Waals surface area contributed by atoms with Crippen LogP contribution in [0.4, 0.5) is 0 Å². The molecule has 0 saturated carbocycles. The van der Waals surface area contributed by atoms with Crippen molar-refractivity contribution < 1.29 is 29.4 Å². The Balaban J connectivity index is 2.39. The molecule has 0 radical (unpaired) electrons. The predicted octanol–water partition coefficient (Wildman–Crippen LogP) is -1.18. The first-order valence-corrected chi connectivity index (χ1v) is 10.2. The molecule has 0 heterocycles. The minimum atomic E-state index is -1.23. The monoisotopic (exact) mass is 426 g/mol. The minimum Gasteiger partial charge on any atom is -0.508 e. The zero-order chi connectivity index (χ0) is 21.8. The molecule has 160 valence electrons. The van der Waals surface area contributed by atoms with E-state index in [9.17, 15) is 29.4 Å². The summed E-state index contributed by atoms with van der Waals surface area (Å²) in [5.74, 6) is -2.22. The highest BCUT2D eigenvalue weighted by Gasteiger charge is 2.21. The second-order valence-corrected chi connectivity index (χ2v) is 7.20. The Kier molecular flexibility index (Phi) is 10.6. The van der Waals surface area contributed by atoms with Crippen molar-refractivity contribution in [3.05, 3.63) is 29.8 Å². The topological polar surface area (TPSA) is 171 Å². The first-order chi connectivity index (χ1) is 13.7. The molecule has 1 aromatic rings. The number of carboxylic acids is 1. The summed E-state index contributed by atoms with van der Waals surface area (Å²) in [5, 5.41) is 25.5. The molecule has 1 rings (SSSR count). The largest absolute Gasteiger partial charge is 0.508 e. The van der Waals surface area contributed by atoms with E-state index in [-0.39, 0.29) is 18.7 Å². The summed E-state index contributed by atoms with van der Waals surface area (Å²) in [5.41, 5.74) is 6.29. The van der Waals surface area contributed by atoms with Gasteiger partial charge in [-0.2, -0.15) is 11.8 Å². The van der Waals surface area contributed by atoms with E-state index in [4.69, 9.17) is 5.73 Å². The van der Waals surface area contributed by atoms with Crippen molar-refractivity contribution in [3.63, 3.8) is 0 Å². The van der Waals surface area contributed by atoms with Gasteiger partial charge in [-0.25, -0.2) is 4.79 Å². The molecular formula is C18H26N4O6S. The first kappa shape index (κ1) is 24.2. The van der Waals surface area contributed by atoms with Crippen LogP contribution in [-0.4, -0.2) is 71.1 Å².